The summed E-state index contributed by atoms with van der Waals surface area (Å²) in [6.07, 6.45) is 3.69. The van der Waals surface area contributed by atoms with Gasteiger partial charge in [0.05, 0.1) is 28.1 Å². The number of anilines is 1. The van der Waals surface area contributed by atoms with Gasteiger partial charge in [-0.1, -0.05) is 24.3 Å². The van der Waals surface area contributed by atoms with Crippen molar-refractivity contribution in [3.63, 3.8) is 0 Å². The highest BCUT2D eigenvalue weighted by Crippen LogP contribution is 2.23. The predicted molar refractivity (Wildman–Crippen MR) is 115 cm³/mol. The second kappa shape index (κ2) is 9.49. The molecule has 148 valence electrons. The third-order valence-electron chi connectivity index (χ3n) is 4.44. The average molecular weight is 407 g/mol. The number of carbonyl (C=O) groups is 1. The molecule has 0 radical (unpaired) electrons. The highest BCUT2D eigenvalue weighted by atomic mass is 32.1. The first-order valence-corrected chi connectivity index (χ1v) is 10.4. The van der Waals surface area contributed by atoms with E-state index in [9.17, 15) is 4.79 Å². The highest BCUT2D eigenvalue weighted by molar-refractivity contribution is 7.18. The lowest BCUT2D eigenvalue weighted by Gasteiger charge is -2.08. The van der Waals surface area contributed by atoms with E-state index in [0.29, 0.717) is 19.6 Å². The van der Waals surface area contributed by atoms with Crippen molar-refractivity contribution >= 4 is 33.1 Å². The van der Waals surface area contributed by atoms with Crippen molar-refractivity contribution in [1.82, 2.24) is 4.98 Å². The molecule has 0 aliphatic carbocycles. The Morgan fingerprint density at radius 3 is 2.86 bits per heavy atom. The summed E-state index contributed by atoms with van der Waals surface area (Å²) >= 11 is 1.70. The van der Waals surface area contributed by atoms with Crippen LogP contribution in [0.25, 0.3) is 10.2 Å². The minimum absolute atomic E-state index is 0.0137. The monoisotopic (exact) mass is 406 g/mol. The third kappa shape index (κ3) is 5.53. The fourth-order valence-corrected chi connectivity index (χ4v) is 4.06. The number of amides is 1. The van der Waals surface area contributed by atoms with Crippen molar-refractivity contribution in [3.05, 3.63) is 83.3 Å². The summed E-state index contributed by atoms with van der Waals surface area (Å²) in [5, 5.41) is 4.05. The Labute approximate surface area is 173 Å². The summed E-state index contributed by atoms with van der Waals surface area (Å²) in [5.74, 6) is 0.808. The normalized spacial score (nSPS) is 11.0. The minimum atomic E-state index is 0.0137. The van der Waals surface area contributed by atoms with Crippen LogP contribution in [0.1, 0.15) is 29.2 Å². The fourth-order valence-electron chi connectivity index (χ4n) is 3.05. The molecule has 0 saturated carbocycles. The van der Waals surface area contributed by atoms with E-state index in [1.807, 2.05) is 54.6 Å². The zero-order valence-corrected chi connectivity index (χ0v) is 16.8. The van der Waals surface area contributed by atoms with Gasteiger partial charge < -0.3 is 14.5 Å². The molecule has 0 saturated heterocycles. The van der Waals surface area contributed by atoms with Gasteiger partial charge in [0.25, 0.3) is 0 Å². The number of fused-ring (bicyclic) bond motifs is 1. The second-order valence-electron chi connectivity index (χ2n) is 6.75. The van der Waals surface area contributed by atoms with Gasteiger partial charge >= 0.3 is 0 Å². The number of rotatable bonds is 9. The fraction of sp³-hybridized carbons (Fsp3) is 0.217. The van der Waals surface area contributed by atoms with Crippen LogP contribution in [0.15, 0.2) is 71.3 Å². The average Bonchev–Trinajstić information content (AvgIpc) is 3.37. The summed E-state index contributed by atoms with van der Waals surface area (Å²) in [4.78, 5) is 16.9. The molecular weight excluding hydrogens is 384 g/mol. The van der Waals surface area contributed by atoms with Crippen LogP contribution in [0.3, 0.4) is 0 Å². The number of nitrogens with zero attached hydrogens (tertiary/aromatic N) is 1. The van der Waals surface area contributed by atoms with Crippen LogP contribution < -0.4 is 5.32 Å². The first kappa shape index (κ1) is 19.4. The van der Waals surface area contributed by atoms with Gasteiger partial charge in [-0.3, -0.25) is 4.79 Å². The van der Waals surface area contributed by atoms with E-state index in [1.165, 1.54) is 4.70 Å². The van der Waals surface area contributed by atoms with Gasteiger partial charge in [0, 0.05) is 12.1 Å². The number of thiazole rings is 1. The Hall–Kier alpha value is -2.96. The van der Waals surface area contributed by atoms with Crippen LogP contribution >= 0.6 is 11.3 Å². The number of aromatic nitrogens is 1. The number of aryl methyl sites for hydroxylation is 1. The third-order valence-corrected chi connectivity index (χ3v) is 5.53. The van der Waals surface area contributed by atoms with Crippen molar-refractivity contribution in [3.8, 4) is 0 Å². The quantitative estimate of drug-likeness (QED) is 0.395. The van der Waals surface area contributed by atoms with E-state index < -0.39 is 0 Å². The molecular formula is C23H22N2O3S. The Balaban J connectivity index is 1.22. The van der Waals surface area contributed by atoms with Crippen molar-refractivity contribution < 1.29 is 13.9 Å². The lowest BCUT2D eigenvalue weighted by atomic mass is 10.2. The molecule has 0 fully saturated rings. The SMILES string of the molecule is O=C(CCCc1nc2ccccc2s1)Nc1cccc(COCc2ccco2)c1. The molecule has 2 aromatic carbocycles. The Morgan fingerprint density at radius 2 is 2.00 bits per heavy atom. The van der Waals surface area contributed by atoms with Gasteiger partial charge in [-0.25, -0.2) is 4.98 Å². The Morgan fingerprint density at radius 1 is 1.07 bits per heavy atom. The van der Waals surface area contributed by atoms with Crippen molar-refractivity contribution in [2.75, 3.05) is 5.32 Å². The molecule has 5 nitrogen and oxygen atoms in total. The van der Waals surface area contributed by atoms with Crippen LogP contribution in [0.4, 0.5) is 5.69 Å². The number of furan rings is 1. The molecule has 2 heterocycles. The molecule has 0 aliphatic heterocycles. The molecule has 29 heavy (non-hydrogen) atoms. The maximum absolute atomic E-state index is 12.3. The molecule has 6 heteroatoms. The summed E-state index contributed by atoms with van der Waals surface area (Å²) in [7, 11) is 0. The standard InChI is InChI=1S/C23H22N2O3S/c26-22(11-4-12-23-25-20-9-1-2-10-21(20)29-23)24-18-7-3-6-17(14-18)15-27-16-19-8-5-13-28-19/h1-3,5-10,13-14H,4,11-12,15-16H2,(H,24,26). The van der Waals surface area contributed by atoms with Gasteiger partial charge in [-0.05, 0) is 54.8 Å². The van der Waals surface area contributed by atoms with Gasteiger partial charge in [0.2, 0.25) is 5.91 Å². The van der Waals surface area contributed by atoms with Crippen LogP contribution in [-0.4, -0.2) is 10.9 Å². The zero-order valence-electron chi connectivity index (χ0n) is 16.0. The van der Waals surface area contributed by atoms with E-state index in [-0.39, 0.29) is 5.91 Å². The van der Waals surface area contributed by atoms with Crippen LogP contribution in [-0.2, 0) is 29.2 Å². The van der Waals surface area contributed by atoms with E-state index >= 15 is 0 Å². The van der Waals surface area contributed by atoms with E-state index in [4.69, 9.17) is 9.15 Å². The zero-order chi connectivity index (χ0) is 19.9. The van der Waals surface area contributed by atoms with Gasteiger partial charge in [-0.2, -0.15) is 0 Å². The maximum atomic E-state index is 12.3. The number of carbonyl (C=O) groups excluding carboxylic acids is 1. The summed E-state index contributed by atoms with van der Waals surface area (Å²) < 4.78 is 12.1. The molecule has 0 spiro atoms. The number of hydrogen-bond acceptors (Lipinski definition) is 5. The van der Waals surface area contributed by atoms with E-state index in [2.05, 4.69) is 16.4 Å². The van der Waals surface area contributed by atoms with E-state index in [1.54, 1.807) is 17.6 Å². The first-order valence-electron chi connectivity index (χ1n) is 9.60. The molecule has 1 amide bonds. The molecule has 0 atom stereocenters. The molecule has 2 aromatic heterocycles. The van der Waals surface area contributed by atoms with Gasteiger partial charge in [0.1, 0.15) is 12.4 Å². The highest BCUT2D eigenvalue weighted by Gasteiger charge is 2.07. The molecule has 4 rings (SSSR count). The molecule has 4 aromatic rings. The number of nitrogens with one attached hydrogen (secondary N) is 1. The van der Waals surface area contributed by atoms with Gasteiger partial charge in [-0.15, -0.1) is 11.3 Å². The van der Waals surface area contributed by atoms with E-state index in [0.717, 1.165) is 40.4 Å². The Kier molecular flexibility index (Phi) is 6.34. The minimum Gasteiger partial charge on any atom is -0.467 e. The Bertz CT molecular complexity index is 1040. The van der Waals surface area contributed by atoms with Gasteiger partial charge in [0.15, 0.2) is 0 Å². The van der Waals surface area contributed by atoms with Crippen LogP contribution in [0, 0.1) is 0 Å². The molecule has 0 aliphatic rings. The molecule has 0 unspecified atom stereocenters. The summed E-state index contributed by atoms with van der Waals surface area (Å²) in [6, 6.07) is 19.6. The molecule has 1 N–H and O–H groups in total. The molecule has 0 bridgehead atoms. The number of benzene rings is 2. The lowest BCUT2D eigenvalue weighted by Crippen LogP contribution is -2.11. The smallest absolute Gasteiger partial charge is 0.224 e. The van der Waals surface area contributed by atoms with Crippen molar-refractivity contribution in [2.45, 2.75) is 32.5 Å². The summed E-state index contributed by atoms with van der Waals surface area (Å²) in [6.45, 7) is 0.886. The first-order chi connectivity index (χ1) is 14.3. The predicted octanol–water partition coefficient (Wildman–Crippen LogP) is 5.57. The summed E-state index contributed by atoms with van der Waals surface area (Å²) in [5.41, 5.74) is 2.82. The maximum Gasteiger partial charge on any atom is 0.224 e. The lowest BCUT2D eigenvalue weighted by molar-refractivity contribution is -0.116. The largest absolute Gasteiger partial charge is 0.467 e. The number of hydrogen-bond donors (Lipinski definition) is 1. The van der Waals surface area contributed by atoms with Crippen LogP contribution in [0.5, 0.6) is 0 Å². The number of ether oxygens (including phenoxy) is 1. The topological polar surface area (TPSA) is 64.4 Å². The number of para-hydroxylation sites is 1. The van der Waals surface area contributed by atoms with Crippen molar-refractivity contribution in [2.24, 2.45) is 0 Å². The van der Waals surface area contributed by atoms with Crippen LogP contribution in [0.2, 0.25) is 0 Å². The second-order valence-corrected chi connectivity index (χ2v) is 7.86. The van der Waals surface area contributed by atoms with Crippen molar-refractivity contribution in [1.29, 1.82) is 0 Å².